The molecule has 0 aliphatic carbocycles. The first-order valence-electron chi connectivity index (χ1n) is 8.26. The van der Waals surface area contributed by atoms with E-state index in [1.807, 2.05) is 26.0 Å². The summed E-state index contributed by atoms with van der Waals surface area (Å²) in [4.78, 5) is 12.8. The summed E-state index contributed by atoms with van der Waals surface area (Å²) >= 11 is 0. The second-order valence-electron chi connectivity index (χ2n) is 6.27. The third-order valence-corrected chi connectivity index (χ3v) is 5.23. The molecule has 26 heavy (non-hydrogen) atoms. The van der Waals surface area contributed by atoms with Gasteiger partial charge in [-0.15, -0.1) is 0 Å². The van der Waals surface area contributed by atoms with Gasteiger partial charge in [0.2, 0.25) is 15.9 Å². The normalized spacial score (nSPS) is 12.5. The van der Waals surface area contributed by atoms with Crippen molar-refractivity contribution in [1.29, 1.82) is 0 Å². The number of amides is 1. The fourth-order valence-electron chi connectivity index (χ4n) is 2.82. The van der Waals surface area contributed by atoms with Crippen LogP contribution < -0.4 is 9.62 Å². The first-order chi connectivity index (χ1) is 12.1. The molecule has 5 nitrogen and oxygen atoms in total. The maximum absolute atomic E-state index is 13.2. The Morgan fingerprint density at radius 2 is 1.77 bits per heavy atom. The van der Waals surface area contributed by atoms with Gasteiger partial charge in [-0.25, -0.2) is 12.8 Å². The first kappa shape index (κ1) is 19.9. The standard InChI is InChI=1S/C19H23FN2O3S/c1-5-18(19(23)21-17-11-6-13(2)12-14(17)3)22(26(4,24)25)16-9-7-15(20)8-10-16/h6-12,18H,5H2,1-4H3,(H,21,23)/t18-/m1/s1. The zero-order valence-corrected chi connectivity index (χ0v) is 16.1. The molecule has 7 heteroatoms. The number of carbonyl (C=O) groups is 1. The lowest BCUT2D eigenvalue weighted by Crippen LogP contribution is -2.47. The highest BCUT2D eigenvalue weighted by molar-refractivity contribution is 7.92. The number of halogens is 1. The number of sulfonamides is 1. The highest BCUT2D eigenvalue weighted by Gasteiger charge is 2.31. The minimum Gasteiger partial charge on any atom is -0.324 e. The Morgan fingerprint density at radius 3 is 2.27 bits per heavy atom. The average Bonchev–Trinajstić information content (AvgIpc) is 2.55. The Morgan fingerprint density at radius 1 is 1.15 bits per heavy atom. The van der Waals surface area contributed by atoms with Crippen LogP contribution in [-0.4, -0.2) is 26.6 Å². The van der Waals surface area contributed by atoms with Crippen molar-refractivity contribution in [3.05, 3.63) is 59.4 Å². The number of hydrogen-bond acceptors (Lipinski definition) is 3. The lowest BCUT2D eigenvalue weighted by Gasteiger charge is -2.30. The molecule has 0 unspecified atom stereocenters. The Labute approximate surface area is 153 Å². The Hall–Kier alpha value is -2.41. The summed E-state index contributed by atoms with van der Waals surface area (Å²) in [6.45, 7) is 5.55. The third kappa shape index (κ3) is 4.60. The third-order valence-electron chi connectivity index (χ3n) is 4.05. The number of aryl methyl sites for hydroxylation is 2. The van der Waals surface area contributed by atoms with Crippen LogP contribution in [0.5, 0.6) is 0 Å². The van der Waals surface area contributed by atoms with E-state index in [0.29, 0.717) is 5.69 Å². The molecule has 0 aliphatic heterocycles. The molecule has 0 aliphatic rings. The van der Waals surface area contributed by atoms with Gasteiger partial charge in [0, 0.05) is 5.69 Å². The maximum atomic E-state index is 13.2. The van der Waals surface area contributed by atoms with Gasteiger partial charge in [-0.3, -0.25) is 9.10 Å². The van der Waals surface area contributed by atoms with Crippen molar-refractivity contribution < 1.29 is 17.6 Å². The minimum atomic E-state index is -3.75. The van der Waals surface area contributed by atoms with E-state index in [0.717, 1.165) is 21.7 Å². The maximum Gasteiger partial charge on any atom is 0.248 e. The highest BCUT2D eigenvalue weighted by atomic mass is 32.2. The lowest BCUT2D eigenvalue weighted by atomic mass is 10.1. The summed E-state index contributed by atoms with van der Waals surface area (Å²) in [6.07, 6.45) is 1.30. The van der Waals surface area contributed by atoms with E-state index < -0.39 is 27.8 Å². The SMILES string of the molecule is CC[C@H](C(=O)Nc1ccc(C)cc1C)N(c1ccc(F)cc1)S(C)(=O)=O. The number of rotatable bonds is 6. The van der Waals surface area contributed by atoms with Crippen molar-refractivity contribution in [1.82, 2.24) is 0 Å². The molecule has 0 aromatic heterocycles. The van der Waals surface area contributed by atoms with Crippen molar-refractivity contribution in [2.75, 3.05) is 15.9 Å². The molecule has 0 fully saturated rings. The predicted molar refractivity (Wildman–Crippen MR) is 102 cm³/mol. The van der Waals surface area contributed by atoms with Gasteiger partial charge in [-0.2, -0.15) is 0 Å². The summed E-state index contributed by atoms with van der Waals surface area (Å²) in [5.74, 6) is -0.913. The number of nitrogens with one attached hydrogen (secondary N) is 1. The molecule has 140 valence electrons. The molecule has 2 aromatic rings. The molecule has 1 amide bonds. The molecular formula is C19H23FN2O3S. The van der Waals surface area contributed by atoms with Gasteiger partial charge >= 0.3 is 0 Å². The van der Waals surface area contributed by atoms with E-state index in [1.54, 1.807) is 13.0 Å². The average molecular weight is 378 g/mol. The molecular weight excluding hydrogens is 355 g/mol. The molecule has 0 heterocycles. The second kappa shape index (κ2) is 7.86. The lowest BCUT2D eigenvalue weighted by molar-refractivity contribution is -0.117. The topological polar surface area (TPSA) is 66.5 Å². The summed E-state index contributed by atoms with van der Waals surface area (Å²) < 4.78 is 38.9. The minimum absolute atomic E-state index is 0.247. The van der Waals surface area contributed by atoms with Crippen molar-refractivity contribution >= 4 is 27.3 Å². The van der Waals surface area contributed by atoms with Gasteiger partial charge < -0.3 is 5.32 Å². The van der Waals surface area contributed by atoms with Crippen LogP contribution >= 0.6 is 0 Å². The van der Waals surface area contributed by atoms with Crippen molar-refractivity contribution in [2.24, 2.45) is 0 Å². The van der Waals surface area contributed by atoms with Gasteiger partial charge in [0.05, 0.1) is 11.9 Å². The van der Waals surface area contributed by atoms with Gasteiger partial charge in [0.25, 0.3) is 0 Å². The first-order valence-corrected chi connectivity index (χ1v) is 10.1. The number of nitrogens with zero attached hydrogens (tertiary/aromatic N) is 1. The van der Waals surface area contributed by atoms with E-state index in [9.17, 15) is 17.6 Å². The molecule has 1 N–H and O–H groups in total. The molecule has 2 aromatic carbocycles. The second-order valence-corrected chi connectivity index (χ2v) is 8.13. The van der Waals surface area contributed by atoms with E-state index in [4.69, 9.17) is 0 Å². The summed E-state index contributed by atoms with van der Waals surface area (Å²) in [5, 5.41) is 2.80. The van der Waals surface area contributed by atoms with Crippen LogP contribution in [0.15, 0.2) is 42.5 Å². The van der Waals surface area contributed by atoms with Gasteiger partial charge in [0.1, 0.15) is 11.9 Å². The summed E-state index contributed by atoms with van der Waals surface area (Å²) in [5.41, 5.74) is 2.83. The van der Waals surface area contributed by atoms with Gasteiger partial charge in [-0.05, 0) is 56.2 Å². The zero-order valence-electron chi connectivity index (χ0n) is 15.3. The Balaban J connectivity index is 2.38. The van der Waals surface area contributed by atoms with E-state index in [2.05, 4.69) is 5.32 Å². The number of anilines is 2. The van der Waals surface area contributed by atoms with Crippen LogP contribution in [0.3, 0.4) is 0 Å². The van der Waals surface area contributed by atoms with Crippen LogP contribution in [0.1, 0.15) is 24.5 Å². The van der Waals surface area contributed by atoms with Crippen molar-refractivity contribution in [2.45, 2.75) is 33.2 Å². The van der Waals surface area contributed by atoms with Gasteiger partial charge in [-0.1, -0.05) is 24.6 Å². The highest BCUT2D eigenvalue weighted by Crippen LogP contribution is 2.24. The van der Waals surface area contributed by atoms with Crippen molar-refractivity contribution in [3.8, 4) is 0 Å². The van der Waals surface area contributed by atoms with Crippen LogP contribution in [0, 0.1) is 19.7 Å². The summed E-state index contributed by atoms with van der Waals surface area (Å²) in [6, 6.07) is 9.69. The number of benzene rings is 2. The number of hydrogen-bond donors (Lipinski definition) is 1. The molecule has 0 radical (unpaired) electrons. The molecule has 1 atom stereocenters. The fraction of sp³-hybridized carbons (Fsp3) is 0.316. The number of carbonyl (C=O) groups excluding carboxylic acids is 1. The van der Waals surface area contributed by atoms with Crippen LogP contribution in [-0.2, 0) is 14.8 Å². The predicted octanol–water partition coefficient (Wildman–Crippen LogP) is 3.63. The van der Waals surface area contributed by atoms with E-state index >= 15 is 0 Å². The molecule has 0 saturated heterocycles. The Bertz CT molecular complexity index is 896. The molecule has 0 bridgehead atoms. The quantitative estimate of drug-likeness (QED) is 0.835. The zero-order chi connectivity index (χ0) is 19.5. The molecule has 0 spiro atoms. The largest absolute Gasteiger partial charge is 0.324 e. The van der Waals surface area contributed by atoms with Crippen LogP contribution in [0.2, 0.25) is 0 Å². The van der Waals surface area contributed by atoms with Crippen LogP contribution in [0.4, 0.5) is 15.8 Å². The van der Waals surface area contributed by atoms with Crippen LogP contribution in [0.25, 0.3) is 0 Å². The monoisotopic (exact) mass is 378 g/mol. The molecule has 0 saturated carbocycles. The molecule has 2 rings (SSSR count). The van der Waals surface area contributed by atoms with E-state index in [1.165, 1.54) is 24.3 Å². The smallest absolute Gasteiger partial charge is 0.248 e. The van der Waals surface area contributed by atoms with Crippen molar-refractivity contribution in [3.63, 3.8) is 0 Å². The van der Waals surface area contributed by atoms with Gasteiger partial charge in [0.15, 0.2) is 0 Å². The fourth-order valence-corrected chi connectivity index (χ4v) is 4.03. The summed E-state index contributed by atoms with van der Waals surface area (Å²) in [7, 11) is -3.75. The Kier molecular flexibility index (Phi) is 6.02. The van der Waals surface area contributed by atoms with E-state index in [-0.39, 0.29) is 12.1 Å².